The van der Waals surface area contributed by atoms with Crippen molar-refractivity contribution >= 4 is 0 Å². The van der Waals surface area contributed by atoms with Crippen molar-refractivity contribution in [1.29, 1.82) is 0 Å². The summed E-state index contributed by atoms with van der Waals surface area (Å²) >= 11 is 0. The van der Waals surface area contributed by atoms with E-state index in [1.54, 1.807) is 6.20 Å². The monoisotopic (exact) mass is 528 g/mol. The van der Waals surface area contributed by atoms with Gasteiger partial charge in [-0.15, -0.1) is 10.2 Å². The van der Waals surface area contributed by atoms with E-state index in [2.05, 4.69) is 63.7 Å². The first-order valence-corrected chi connectivity index (χ1v) is 13.4. The lowest BCUT2D eigenvalue weighted by atomic mass is 10.0. The Labute approximate surface area is 237 Å². The van der Waals surface area contributed by atoms with E-state index in [0.717, 1.165) is 34.0 Å². The van der Waals surface area contributed by atoms with Crippen LogP contribution in [0, 0.1) is 0 Å². The van der Waals surface area contributed by atoms with Gasteiger partial charge in [0.05, 0.1) is 17.1 Å². The smallest absolute Gasteiger partial charge is 0.187 e. The molecule has 4 aromatic heterocycles. The first-order valence-electron chi connectivity index (χ1n) is 13.4. The summed E-state index contributed by atoms with van der Waals surface area (Å²) in [5.41, 5.74) is 8.15. The topological polar surface area (TPSA) is 69.4 Å². The number of pyridine rings is 3. The van der Waals surface area contributed by atoms with Gasteiger partial charge in [0, 0.05) is 17.4 Å². The molecule has 6 heteroatoms. The summed E-state index contributed by atoms with van der Waals surface area (Å²) in [6.45, 7) is 0. The van der Waals surface area contributed by atoms with Crippen LogP contribution in [-0.2, 0) is 0 Å². The van der Waals surface area contributed by atoms with E-state index in [9.17, 15) is 0 Å². The van der Waals surface area contributed by atoms with Crippen LogP contribution >= 0.6 is 0 Å². The summed E-state index contributed by atoms with van der Waals surface area (Å²) in [5, 5.41) is 9.24. The molecule has 0 aliphatic rings. The van der Waals surface area contributed by atoms with Gasteiger partial charge in [-0.25, -0.2) is 9.97 Å². The molecule has 194 valence electrons. The zero-order valence-electron chi connectivity index (χ0n) is 22.0. The largest absolute Gasteiger partial charge is 0.272 e. The fraction of sp³-hybridized carbons (Fsp3) is 0. The molecule has 0 saturated heterocycles. The van der Waals surface area contributed by atoms with Crippen molar-refractivity contribution < 1.29 is 0 Å². The van der Waals surface area contributed by atoms with Crippen molar-refractivity contribution in [2.24, 2.45) is 0 Å². The second-order valence-corrected chi connectivity index (χ2v) is 9.49. The molecule has 0 aliphatic carbocycles. The SMILES string of the molecule is c1ccc(-c2ccc(-c3cccc(-c4nnc(-c5cccc(-c6ccccn6)n5)n4-c4ccccc4)n3)cc2)cc1. The van der Waals surface area contributed by atoms with Crippen LogP contribution in [0.2, 0.25) is 0 Å². The van der Waals surface area contributed by atoms with E-state index < -0.39 is 0 Å². The van der Waals surface area contributed by atoms with Gasteiger partial charge in [0.1, 0.15) is 11.4 Å². The highest BCUT2D eigenvalue weighted by atomic mass is 15.3. The highest BCUT2D eigenvalue weighted by Crippen LogP contribution is 2.30. The summed E-state index contributed by atoms with van der Waals surface area (Å²) in [4.78, 5) is 14.4. The van der Waals surface area contributed by atoms with E-state index >= 15 is 0 Å². The van der Waals surface area contributed by atoms with Crippen LogP contribution < -0.4 is 0 Å². The molecular formula is C35H24N6. The molecular weight excluding hydrogens is 504 g/mol. The maximum atomic E-state index is 5.02. The Morgan fingerprint density at radius 2 is 0.878 bits per heavy atom. The summed E-state index contributed by atoms with van der Waals surface area (Å²) in [6, 6.07) is 46.5. The predicted octanol–water partition coefficient (Wildman–Crippen LogP) is 7.79. The average molecular weight is 529 g/mol. The average Bonchev–Trinajstić information content (AvgIpc) is 3.52. The van der Waals surface area contributed by atoms with Gasteiger partial charge in [-0.3, -0.25) is 9.55 Å². The highest BCUT2D eigenvalue weighted by Gasteiger charge is 2.20. The Hall–Kier alpha value is -5.75. The van der Waals surface area contributed by atoms with Crippen molar-refractivity contribution in [2.75, 3.05) is 0 Å². The van der Waals surface area contributed by atoms with Crippen molar-refractivity contribution in [3.8, 4) is 62.5 Å². The van der Waals surface area contributed by atoms with Crippen LogP contribution in [0.4, 0.5) is 0 Å². The molecule has 0 saturated carbocycles. The molecule has 41 heavy (non-hydrogen) atoms. The first kappa shape index (κ1) is 24.3. The van der Waals surface area contributed by atoms with Gasteiger partial charge in [0.25, 0.3) is 0 Å². The quantitative estimate of drug-likeness (QED) is 0.220. The molecule has 0 atom stereocenters. The highest BCUT2D eigenvalue weighted by molar-refractivity contribution is 5.71. The molecule has 0 fully saturated rings. The second kappa shape index (κ2) is 10.8. The van der Waals surface area contributed by atoms with Gasteiger partial charge in [-0.05, 0) is 59.7 Å². The summed E-state index contributed by atoms with van der Waals surface area (Å²) in [7, 11) is 0. The van der Waals surface area contributed by atoms with Crippen LogP contribution in [0.15, 0.2) is 146 Å². The van der Waals surface area contributed by atoms with Gasteiger partial charge in [-0.1, -0.05) is 91.0 Å². The van der Waals surface area contributed by atoms with Gasteiger partial charge in [-0.2, -0.15) is 0 Å². The van der Waals surface area contributed by atoms with Crippen LogP contribution in [0.5, 0.6) is 0 Å². The standard InChI is InChI=1S/C35H24N6/c1-3-11-25(12-4-1)26-20-22-27(23-21-26)29-16-9-18-32(37-29)34-39-40-35(41(34)28-13-5-2-6-14-28)33-19-10-17-31(38-33)30-15-7-8-24-36-30/h1-24H. The fourth-order valence-corrected chi connectivity index (χ4v) is 4.84. The Bertz CT molecular complexity index is 1920. The number of benzene rings is 3. The van der Waals surface area contributed by atoms with Crippen LogP contribution in [0.3, 0.4) is 0 Å². The number of para-hydroxylation sites is 1. The van der Waals surface area contributed by atoms with Crippen molar-refractivity contribution in [3.63, 3.8) is 0 Å². The maximum Gasteiger partial charge on any atom is 0.187 e. The Balaban J connectivity index is 1.30. The minimum Gasteiger partial charge on any atom is -0.272 e. The Morgan fingerprint density at radius 1 is 0.366 bits per heavy atom. The van der Waals surface area contributed by atoms with E-state index in [1.165, 1.54) is 11.1 Å². The van der Waals surface area contributed by atoms with Gasteiger partial charge >= 0.3 is 0 Å². The Kier molecular flexibility index (Phi) is 6.39. The zero-order chi connectivity index (χ0) is 27.4. The summed E-state index contributed by atoms with van der Waals surface area (Å²) in [6.07, 6.45) is 1.77. The molecule has 0 unspecified atom stereocenters. The lowest BCUT2D eigenvalue weighted by Gasteiger charge is -2.11. The van der Waals surface area contributed by atoms with Crippen molar-refractivity contribution in [1.82, 2.24) is 29.7 Å². The lowest BCUT2D eigenvalue weighted by Crippen LogP contribution is -2.02. The molecule has 0 amide bonds. The molecule has 0 bridgehead atoms. The number of aromatic nitrogens is 6. The maximum absolute atomic E-state index is 5.02. The van der Waals surface area contributed by atoms with Crippen LogP contribution in [0.1, 0.15) is 0 Å². The molecule has 0 spiro atoms. The van der Waals surface area contributed by atoms with Gasteiger partial charge in [0.2, 0.25) is 0 Å². The number of rotatable bonds is 6. The fourth-order valence-electron chi connectivity index (χ4n) is 4.84. The molecule has 0 N–H and O–H groups in total. The molecule has 7 rings (SSSR count). The van der Waals surface area contributed by atoms with E-state index in [1.807, 2.05) is 95.6 Å². The van der Waals surface area contributed by atoms with Crippen LogP contribution in [-0.4, -0.2) is 29.7 Å². The second-order valence-electron chi connectivity index (χ2n) is 9.49. The molecule has 6 nitrogen and oxygen atoms in total. The van der Waals surface area contributed by atoms with Crippen LogP contribution in [0.25, 0.3) is 62.5 Å². The third-order valence-electron chi connectivity index (χ3n) is 6.85. The first-order chi connectivity index (χ1) is 20.3. The van der Waals surface area contributed by atoms with E-state index in [0.29, 0.717) is 17.3 Å². The van der Waals surface area contributed by atoms with Gasteiger partial charge in [0.15, 0.2) is 11.6 Å². The molecule has 0 aliphatic heterocycles. The minimum absolute atomic E-state index is 0.628. The minimum atomic E-state index is 0.628. The molecule has 0 radical (unpaired) electrons. The summed E-state index contributed by atoms with van der Waals surface area (Å²) < 4.78 is 2.01. The normalized spacial score (nSPS) is 10.9. The predicted molar refractivity (Wildman–Crippen MR) is 162 cm³/mol. The van der Waals surface area contributed by atoms with Gasteiger partial charge < -0.3 is 0 Å². The van der Waals surface area contributed by atoms with E-state index in [4.69, 9.17) is 9.97 Å². The number of hydrogen-bond acceptors (Lipinski definition) is 5. The Morgan fingerprint density at radius 3 is 1.54 bits per heavy atom. The van der Waals surface area contributed by atoms with Crippen molar-refractivity contribution in [2.45, 2.75) is 0 Å². The zero-order valence-corrected chi connectivity index (χ0v) is 22.0. The summed E-state index contributed by atoms with van der Waals surface area (Å²) in [5.74, 6) is 1.27. The van der Waals surface area contributed by atoms with Crippen molar-refractivity contribution in [3.05, 3.63) is 146 Å². The lowest BCUT2D eigenvalue weighted by molar-refractivity contribution is 1.05. The third kappa shape index (κ3) is 4.90. The molecule has 3 aromatic carbocycles. The number of nitrogens with zero attached hydrogens (tertiary/aromatic N) is 6. The number of hydrogen-bond donors (Lipinski definition) is 0. The third-order valence-corrected chi connectivity index (χ3v) is 6.85. The molecule has 4 heterocycles. The molecule has 7 aromatic rings. The van der Waals surface area contributed by atoms with E-state index in [-0.39, 0.29) is 0 Å².